The van der Waals surface area contributed by atoms with Crippen LogP contribution in [0.15, 0.2) is 77.8 Å². The highest BCUT2D eigenvalue weighted by Gasteiger charge is 2.44. The summed E-state index contributed by atoms with van der Waals surface area (Å²) in [6, 6.07) is 8.74. The molecule has 170 valence electrons. The number of allylic oxidation sites excluding steroid dienone is 3. The van der Waals surface area contributed by atoms with Crippen LogP contribution < -0.4 is 15.2 Å². The molecule has 1 fully saturated rings. The second-order valence-corrected chi connectivity index (χ2v) is 8.80. The highest BCUT2D eigenvalue weighted by Crippen LogP contribution is 2.43. The van der Waals surface area contributed by atoms with Gasteiger partial charge in [-0.2, -0.15) is 0 Å². The van der Waals surface area contributed by atoms with Gasteiger partial charge in [-0.15, -0.1) is 0 Å². The molecule has 5 rings (SSSR count). The fourth-order valence-corrected chi connectivity index (χ4v) is 4.72. The number of carbonyl (C=O) groups is 1. The summed E-state index contributed by atoms with van der Waals surface area (Å²) in [6.07, 6.45) is 10.2. The lowest BCUT2D eigenvalue weighted by Crippen LogP contribution is -2.56. The summed E-state index contributed by atoms with van der Waals surface area (Å²) in [5.41, 5.74) is 1.10. The number of ether oxygens (including phenoxy) is 1. The van der Waals surface area contributed by atoms with E-state index in [2.05, 4.69) is 6.58 Å². The number of aromatic hydroxyl groups is 1. The van der Waals surface area contributed by atoms with Crippen LogP contribution in [0.25, 0.3) is 0 Å². The third-order valence-electron chi connectivity index (χ3n) is 6.59. The van der Waals surface area contributed by atoms with Crippen LogP contribution in [0.5, 0.6) is 11.5 Å². The van der Waals surface area contributed by atoms with Gasteiger partial charge in [0.05, 0.1) is 6.61 Å². The van der Waals surface area contributed by atoms with Gasteiger partial charge >= 0.3 is 0 Å². The second-order valence-electron chi connectivity index (χ2n) is 8.80. The van der Waals surface area contributed by atoms with Gasteiger partial charge in [0.2, 0.25) is 5.43 Å². The molecule has 0 spiro atoms. The molecule has 2 aliphatic heterocycles. The summed E-state index contributed by atoms with van der Waals surface area (Å²) in [5, 5.41) is 12.6. The summed E-state index contributed by atoms with van der Waals surface area (Å²) in [4.78, 5) is 27.3. The number of benzene rings is 1. The van der Waals surface area contributed by atoms with E-state index in [1.165, 1.54) is 6.07 Å². The van der Waals surface area contributed by atoms with Gasteiger partial charge in [0.15, 0.2) is 11.4 Å². The van der Waals surface area contributed by atoms with Gasteiger partial charge in [0, 0.05) is 24.4 Å². The Morgan fingerprint density at radius 1 is 1.18 bits per heavy atom. The Balaban J connectivity index is 1.72. The van der Waals surface area contributed by atoms with Crippen molar-refractivity contribution < 1.29 is 14.6 Å². The standard InChI is InChI=1S/C26H27N3O4/c1-3-4-5-8-17(2)23-20-9-6-7-10-22(20)33-15-19-13-18(19)14-27-16-29(23)28-12-11-21(30)25(31)24(28)26(27)32/h3-12,18-19,23,31H,2,13-16H2,1H3/b4-3-,8-5-/t18-,19-,23+/m0/s1. The number of hydrogen-bond donors (Lipinski definition) is 1. The molecule has 2 bridgehead atoms. The highest BCUT2D eigenvalue weighted by atomic mass is 16.5. The maximum Gasteiger partial charge on any atom is 0.277 e. The first-order valence-electron chi connectivity index (χ1n) is 11.2. The van der Waals surface area contributed by atoms with Crippen LogP contribution in [-0.2, 0) is 0 Å². The van der Waals surface area contributed by atoms with Crippen LogP contribution in [-0.4, -0.2) is 40.4 Å². The number of nitrogens with zero attached hydrogens (tertiary/aromatic N) is 3. The van der Waals surface area contributed by atoms with Gasteiger partial charge in [-0.25, -0.2) is 0 Å². The van der Waals surface area contributed by atoms with E-state index in [1.54, 1.807) is 15.8 Å². The normalized spacial score (nSPS) is 24.0. The molecule has 1 N–H and O–H groups in total. The van der Waals surface area contributed by atoms with Gasteiger partial charge in [-0.1, -0.05) is 49.1 Å². The first kappa shape index (κ1) is 21.1. The van der Waals surface area contributed by atoms with E-state index in [0.29, 0.717) is 31.7 Å². The molecular formula is C26H27N3O4. The van der Waals surface area contributed by atoms with E-state index >= 15 is 0 Å². The fourth-order valence-electron chi connectivity index (χ4n) is 4.72. The Morgan fingerprint density at radius 3 is 2.82 bits per heavy atom. The third kappa shape index (κ3) is 3.73. The van der Waals surface area contributed by atoms with Gasteiger partial charge < -0.3 is 14.7 Å². The lowest BCUT2D eigenvalue weighted by molar-refractivity contribution is 0.0667. The molecule has 0 saturated heterocycles. The van der Waals surface area contributed by atoms with Crippen LogP contribution in [0.3, 0.4) is 0 Å². The van der Waals surface area contributed by atoms with Gasteiger partial charge in [0.25, 0.3) is 5.91 Å². The first-order valence-corrected chi connectivity index (χ1v) is 11.2. The number of para-hydroxylation sites is 1. The van der Waals surface area contributed by atoms with Crippen molar-refractivity contribution in [3.63, 3.8) is 0 Å². The first-order chi connectivity index (χ1) is 16.0. The Bertz CT molecular complexity index is 1230. The number of amides is 1. The Morgan fingerprint density at radius 2 is 2.00 bits per heavy atom. The van der Waals surface area contributed by atoms with E-state index in [1.807, 2.05) is 60.5 Å². The molecular weight excluding hydrogens is 418 g/mol. The Labute approximate surface area is 192 Å². The smallest absolute Gasteiger partial charge is 0.277 e. The molecule has 1 aromatic carbocycles. The molecule has 1 aliphatic carbocycles. The van der Waals surface area contributed by atoms with Gasteiger partial charge in [-0.05, 0) is 36.8 Å². The molecule has 3 aliphatic rings. The Hall–Kier alpha value is -3.74. The topological polar surface area (TPSA) is 75.0 Å². The molecule has 3 heterocycles. The van der Waals surface area contributed by atoms with Crippen LogP contribution in [0.2, 0.25) is 0 Å². The summed E-state index contributed by atoms with van der Waals surface area (Å²) < 4.78 is 7.86. The van der Waals surface area contributed by atoms with E-state index in [-0.39, 0.29) is 11.6 Å². The molecule has 7 heteroatoms. The average Bonchev–Trinajstić information content (AvgIpc) is 3.55. The molecule has 0 unspecified atom stereocenters. The van der Waals surface area contributed by atoms with E-state index in [0.717, 1.165) is 23.3 Å². The van der Waals surface area contributed by atoms with E-state index < -0.39 is 17.2 Å². The molecule has 33 heavy (non-hydrogen) atoms. The molecule has 1 amide bonds. The predicted molar refractivity (Wildman–Crippen MR) is 126 cm³/mol. The summed E-state index contributed by atoms with van der Waals surface area (Å²) >= 11 is 0. The monoisotopic (exact) mass is 445 g/mol. The predicted octanol–water partition coefficient (Wildman–Crippen LogP) is 3.36. The molecule has 1 saturated carbocycles. The number of hydrogen-bond acceptors (Lipinski definition) is 5. The highest BCUT2D eigenvalue weighted by molar-refractivity contribution is 5.96. The lowest BCUT2D eigenvalue weighted by Gasteiger charge is -2.44. The fraction of sp³-hybridized carbons (Fsp3) is 0.308. The van der Waals surface area contributed by atoms with E-state index in [4.69, 9.17) is 4.74 Å². The zero-order valence-corrected chi connectivity index (χ0v) is 18.6. The maximum atomic E-state index is 13.3. The zero-order chi connectivity index (χ0) is 23.1. The number of aromatic nitrogens is 1. The maximum absolute atomic E-state index is 13.3. The van der Waals surface area contributed by atoms with Crippen molar-refractivity contribution in [2.24, 2.45) is 11.8 Å². The second kappa shape index (κ2) is 8.31. The van der Waals surface area contributed by atoms with Gasteiger partial charge in [0.1, 0.15) is 18.5 Å². The summed E-state index contributed by atoms with van der Waals surface area (Å²) in [6.45, 7) is 7.73. The molecule has 3 atom stereocenters. The number of fused-ring (bicyclic) bond motifs is 6. The van der Waals surface area contributed by atoms with Crippen LogP contribution in [0.1, 0.15) is 35.4 Å². The third-order valence-corrected chi connectivity index (χ3v) is 6.59. The summed E-state index contributed by atoms with van der Waals surface area (Å²) in [7, 11) is 0. The van der Waals surface area contributed by atoms with Crippen LogP contribution >= 0.6 is 0 Å². The molecule has 2 aromatic rings. The van der Waals surface area contributed by atoms with Crippen molar-refractivity contribution in [1.29, 1.82) is 0 Å². The zero-order valence-electron chi connectivity index (χ0n) is 18.6. The quantitative estimate of drug-likeness (QED) is 0.734. The van der Waals surface area contributed by atoms with Crippen LogP contribution in [0, 0.1) is 11.8 Å². The molecule has 1 aromatic heterocycles. The SMILES string of the molecule is C=C(/C=C\C=C/C)[C@@H]1c2ccccc2OC[C@@H]2C[C@H]2CN2CN1n1ccc(=O)c(O)c1C2=O. The minimum absolute atomic E-state index is 0.0150. The number of pyridine rings is 1. The number of rotatable bonds is 3. The van der Waals surface area contributed by atoms with Crippen molar-refractivity contribution in [2.45, 2.75) is 19.4 Å². The van der Waals surface area contributed by atoms with Crippen LogP contribution in [0.4, 0.5) is 0 Å². The van der Waals surface area contributed by atoms with Crippen molar-refractivity contribution in [1.82, 2.24) is 9.58 Å². The van der Waals surface area contributed by atoms with E-state index in [9.17, 15) is 14.7 Å². The number of carbonyl (C=O) groups excluding carboxylic acids is 1. The van der Waals surface area contributed by atoms with Gasteiger partial charge in [-0.3, -0.25) is 19.3 Å². The van der Waals surface area contributed by atoms with Crippen molar-refractivity contribution >= 4 is 5.91 Å². The average molecular weight is 446 g/mol. The van der Waals surface area contributed by atoms with Crippen molar-refractivity contribution in [3.05, 3.63) is 94.5 Å². The minimum Gasteiger partial charge on any atom is -0.502 e. The minimum atomic E-state index is -0.572. The molecule has 0 radical (unpaired) electrons. The van der Waals surface area contributed by atoms with Crippen molar-refractivity contribution in [3.8, 4) is 11.5 Å². The molecule has 7 nitrogen and oxygen atoms in total. The largest absolute Gasteiger partial charge is 0.502 e. The van der Waals surface area contributed by atoms with Crippen molar-refractivity contribution in [2.75, 3.05) is 24.8 Å². The Kier molecular flexibility index (Phi) is 5.32. The lowest BCUT2D eigenvalue weighted by atomic mass is 9.97. The summed E-state index contributed by atoms with van der Waals surface area (Å²) in [5.74, 6) is 0.613.